The van der Waals surface area contributed by atoms with Gasteiger partial charge < -0.3 is 10.2 Å². The monoisotopic (exact) mass is 365 g/mol. The minimum absolute atomic E-state index is 0.366. The van der Waals surface area contributed by atoms with E-state index < -0.39 is 29.4 Å². The molecule has 0 radical (unpaired) electrons. The van der Waals surface area contributed by atoms with Crippen molar-refractivity contribution in [3.8, 4) is 0 Å². The summed E-state index contributed by atoms with van der Waals surface area (Å²) in [6.45, 7) is 6.55. The van der Waals surface area contributed by atoms with Crippen LogP contribution in [0, 0.1) is 17.5 Å². The Balaban J connectivity index is 2.02. The minimum Gasteiger partial charge on any atom is -0.324 e. The summed E-state index contributed by atoms with van der Waals surface area (Å²) < 4.78 is 39.9. The molecule has 2 aromatic carbocycles. The van der Waals surface area contributed by atoms with Crippen molar-refractivity contribution in [2.24, 2.45) is 0 Å². The van der Waals surface area contributed by atoms with Gasteiger partial charge in [-0.3, -0.25) is 4.79 Å². The van der Waals surface area contributed by atoms with Gasteiger partial charge in [0.1, 0.15) is 6.54 Å². The highest BCUT2D eigenvalue weighted by atomic mass is 19.2. The number of hydrogen-bond acceptors (Lipinski definition) is 1. The highest BCUT2D eigenvalue weighted by Gasteiger charge is 2.24. The third kappa shape index (κ3) is 4.64. The van der Waals surface area contributed by atoms with Crippen molar-refractivity contribution < 1.29 is 22.9 Å². The average molecular weight is 365 g/mol. The lowest BCUT2D eigenvalue weighted by atomic mass is 10.0. The molecule has 6 heteroatoms. The number of amides is 1. The summed E-state index contributed by atoms with van der Waals surface area (Å²) in [5.74, 6) is -4.30. The number of anilines is 1. The van der Waals surface area contributed by atoms with E-state index in [1.54, 1.807) is 6.92 Å². The Labute approximate surface area is 151 Å². The van der Waals surface area contributed by atoms with Gasteiger partial charge in [0, 0.05) is 5.56 Å². The van der Waals surface area contributed by atoms with Gasteiger partial charge in [0.05, 0.1) is 12.7 Å². The van der Waals surface area contributed by atoms with Crippen molar-refractivity contribution in [3.05, 3.63) is 65.0 Å². The molecule has 2 aromatic rings. The molecular weight excluding hydrogens is 341 g/mol. The topological polar surface area (TPSA) is 33.5 Å². The van der Waals surface area contributed by atoms with Gasteiger partial charge in [-0.25, -0.2) is 13.2 Å². The molecule has 0 aromatic heterocycles. The maximum atomic E-state index is 13.7. The van der Waals surface area contributed by atoms with E-state index in [9.17, 15) is 18.0 Å². The van der Waals surface area contributed by atoms with E-state index >= 15 is 0 Å². The lowest BCUT2D eigenvalue weighted by Gasteiger charge is -2.21. The van der Waals surface area contributed by atoms with Crippen LogP contribution in [-0.2, 0) is 11.3 Å². The fourth-order valence-corrected chi connectivity index (χ4v) is 2.58. The zero-order chi connectivity index (χ0) is 19.4. The molecule has 1 unspecified atom stereocenters. The van der Waals surface area contributed by atoms with Crippen LogP contribution in [0.3, 0.4) is 0 Å². The van der Waals surface area contributed by atoms with E-state index in [0.717, 1.165) is 22.6 Å². The molecule has 2 atom stereocenters. The van der Waals surface area contributed by atoms with Gasteiger partial charge in [0.2, 0.25) is 0 Å². The minimum atomic E-state index is -1.60. The molecule has 1 amide bonds. The molecule has 3 nitrogen and oxygen atoms in total. The highest BCUT2D eigenvalue weighted by Crippen LogP contribution is 2.19. The Morgan fingerprint density at radius 2 is 1.62 bits per heavy atom. The average Bonchev–Trinajstić information content (AvgIpc) is 2.61. The van der Waals surface area contributed by atoms with Crippen LogP contribution in [0.15, 0.2) is 36.4 Å². The standard InChI is InChI=1S/C20H23F3N2O/c1-12(2)15-7-5-14(6-8-15)11-25(4)13(3)20(26)24-17-10-9-16(21)18(22)19(17)23/h5-10,12-13H,11H2,1-4H3,(H,24,26)/p+1/t13-/m0/s1. The van der Waals surface area contributed by atoms with Gasteiger partial charge in [-0.2, -0.15) is 0 Å². The molecule has 0 fully saturated rings. The number of carbonyl (C=O) groups is 1. The lowest BCUT2D eigenvalue weighted by molar-refractivity contribution is -0.907. The molecule has 26 heavy (non-hydrogen) atoms. The number of benzene rings is 2. The first-order valence-corrected chi connectivity index (χ1v) is 8.56. The van der Waals surface area contributed by atoms with E-state index in [-0.39, 0.29) is 5.69 Å². The highest BCUT2D eigenvalue weighted by molar-refractivity contribution is 5.93. The third-order valence-corrected chi connectivity index (χ3v) is 4.55. The molecule has 0 saturated carbocycles. The van der Waals surface area contributed by atoms with Crippen LogP contribution in [-0.4, -0.2) is 19.0 Å². The van der Waals surface area contributed by atoms with Gasteiger partial charge in [0.15, 0.2) is 23.5 Å². The maximum Gasteiger partial charge on any atom is 0.282 e. The summed E-state index contributed by atoms with van der Waals surface area (Å²) in [5.41, 5.74) is 1.95. The van der Waals surface area contributed by atoms with Gasteiger partial charge in [-0.15, -0.1) is 0 Å². The normalized spacial score (nSPS) is 13.5. The van der Waals surface area contributed by atoms with E-state index in [2.05, 4.69) is 31.3 Å². The Kier molecular flexibility index (Phi) is 6.42. The zero-order valence-corrected chi connectivity index (χ0v) is 15.4. The molecule has 2 rings (SSSR count). The summed E-state index contributed by atoms with van der Waals surface area (Å²) >= 11 is 0. The predicted molar refractivity (Wildman–Crippen MR) is 95.5 cm³/mol. The zero-order valence-electron chi connectivity index (χ0n) is 15.4. The lowest BCUT2D eigenvalue weighted by Crippen LogP contribution is -3.12. The Hall–Kier alpha value is -2.34. The van der Waals surface area contributed by atoms with Crippen molar-refractivity contribution >= 4 is 11.6 Å². The SMILES string of the molecule is CC(C)c1ccc(C[NH+](C)[C@@H](C)C(=O)Nc2ccc(F)c(F)c2F)cc1. The predicted octanol–water partition coefficient (Wildman–Crippen LogP) is 3.27. The summed E-state index contributed by atoms with van der Waals surface area (Å²) in [7, 11) is 1.85. The number of likely N-dealkylation sites (N-methyl/N-ethyl adjacent to an activating group) is 1. The van der Waals surface area contributed by atoms with E-state index in [1.807, 2.05) is 19.2 Å². The summed E-state index contributed by atoms with van der Waals surface area (Å²) in [6.07, 6.45) is 0. The second kappa shape index (κ2) is 8.36. The smallest absolute Gasteiger partial charge is 0.282 e. The molecule has 0 heterocycles. The van der Waals surface area contributed by atoms with Gasteiger partial charge in [0.25, 0.3) is 5.91 Å². The third-order valence-electron chi connectivity index (χ3n) is 4.55. The Bertz CT molecular complexity index is 775. The summed E-state index contributed by atoms with van der Waals surface area (Å²) in [6, 6.07) is 9.47. The van der Waals surface area contributed by atoms with Crippen LogP contribution in [0.5, 0.6) is 0 Å². The van der Waals surface area contributed by atoms with Crippen molar-refractivity contribution in [3.63, 3.8) is 0 Å². The molecule has 0 bridgehead atoms. The van der Waals surface area contributed by atoms with Crippen LogP contribution >= 0.6 is 0 Å². The van der Waals surface area contributed by atoms with Crippen molar-refractivity contribution in [2.45, 2.75) is 39.3 Å². The van der Waals surface area contributed by atoms with Crippen molar-refractivity contribution in [1.82, 2.24) is 0 Å². The first-order valence-electron chi connectivity index (χ1n) is 8.56. The molecule has 0 spiro atoms. The van der Waals surface area contributed by atoms with Crippen LogP contribution < -0.4 is 10.2 Å². The molecule has 140 valence electrons. The summed E-state index contributed by atoms with van der Waals surface area (Å²) in [5, 5.41) is 2.33. The Morgan fingerprint density at radius 1 is 1.00 bits per heavy atom. The van der Waals surface area contributed by atoms with Crippen molar-refractivity contribution in [2.75, 3.05) is 12.4 Å². The first kappa shape index (κ1) is 20.0. The molecular formula is C20H24F3N2O+. The fourth-order valence-electron chi connectivity index (χ4n) is 2.58. The molecule has 0 saturated heterocycles. The van der Waals surface area contributed by atoms with E-state index in [4.69, 9.17) is 0 Å². The second-order valence-electron chi connectivity index (χ2n) is 6.85. The van der Waals surface area contributed by atoms with Crippen molar-refractivity contribution in [1.29, 1.82) is 0 Å². The largest absolute Gasteiger partial charge is 0.324 e. The molecule has 0 aliphatic carbocycles. The summed E-state index contributed by atoms with van der Waals surface area (Å²) in [4.78, 5) is 13.2. The molecule has 0 aliphatic heterocycles. The van der Waals surface area contributed by atoms with Crippen LogP contribution in [0.1, 0.15) is 37.8 Å². The van der Waals surface area contributed by atoms with Gasteiger partial charge >= 0.3 is 0 Å². The van der Waals surface area contributed by atoms with Gasteiger partial charge in [-0.05, 0) is 30.5 Å². The van der Waals surface area contributed by atoms with Crippen LogP contribution in [0.2, 0.25) is 0 Å². The number of rotatable bonds is 6. The number of halogens is 3. The number of quaternary nitrogens is 1. The second-order valence-corrected chi connectivity index (χ2v) is 6.85. The van der Waals surface area contributed by atoms with E-state index in [1.165, 1.54) is 5.56 Å². The van der Waals surface area contributed by atoms with Crippen LogP contribution in [0.25, 0.3) is 0 Å². The Morgan fingerprint density at radius 3 is 2.19 bits per heavy atom. The van der Waals surface area contributed by atoms with Gasteiger partial charge in [-0.1, -0.05) is 38.1 Å². The maximum absolute atomic E-state index is 13.7. The quantitative estimate of drug-likeness (QED) is 0.757. The number of carbonyl (C=O) groups excluding carboxylic acids is 1. The number of nitrogens with one attached hydrogen (secondary N) is 2. The van der Waals surface area contributed by atoms with Crippen LogP contribution in [0.4, 0.5) is 18.9 Å². The fraction of sp³-hybridized carbons (Fsp3) is 0.350. The molecule has 2 N–H and O–H groups in total. The first-order chi connectivity index (χ1) is 12.2. The van der Waals surface area contributed by atoms with E-state index in [0.29, 0.717) is 12.5 Å². The molecule has 0 aliphatic rings. The number of hydrogen-bond donors (Lipinski definition) is 2.